The van der Waals surface area contributed by atoms with Crippen LogP contribution >= 0.6 is 0 Å². The van der Waals surface area contributed by atoms with Gasteiger partial charge < -0.3 is 5.32 Å². The number of carbonyl (C=O) groups is 1. The fourth-order valence-electron chi connectivity index (χ4n) is 3.05. The summed E-state index contributed by atoms with van der Waals surface area (Å²) >= 11 is 0. The van der Waals surface area contributed by atoms with Crippen molar-refractivity contribution in [2.45, 2.75) is 39.5 Å². The van der Waals surface area contributed by atoms with Crippen LogP contribution in [0.2, 0.25) is 0 Å². The van der Waals surface area contributed by atoms with Crippen molar-refractivity contribution < 1.29 is 4.79 Å². The van der Waals surface area contributed by atoms with Gasteiger partial charge in [0.2, 0.25) is 0 Å². The van der Waals surface area contributed by atoms with Gasteiger partial charge >= 0.3 is 0 Å². The van der Waals surface area contributed by atoms with E-state index in [1.807, 2.05) is 13.8 Å². The Hall–Kier alpha value is -0.410. The standard InChI is InChI=1S/C14H26N2O/c1-12(2)13(17)11-16-9-5-14(6-10-16)3-7-15-8-4-14/h12,15H,3-11H2,1-2H3. The van der Waals surface area contributed by atoms with Crippen LogP contribution in [0.15, 0.2) is 0 Å². The second kappa shape index (κ2) is 5.49. The van der Waals surface area contributed by atoms with Gasteiger partial charge in [-0.2, -0.15) is 0 Å². The molecule has 2 saturated heterocycles. The summed E-state index contributed by atoms with van der Waals surface area (Å²) in [7, 11) is 0. The molecule has 0 aromatic rings. The molecule has 2 fully saturated rings. The smallest absolute Gasteiger partial charge is 0.149 e. The molecule has 0 radical (unpaired) electrons. The maximum atomic E-state index is 11.7. The number of likely N-dealkylation sites (tertiary alicyclic amines) is 1. The predicted molar refractivity (Wildman–Crippen MR) is 70.1 cm³/mol. The summed E-state index contributed by atoms with van der Waals surface area (Å²) in [5.74, 6) is 0.580. The fraction of sp³-hybridized carbons (Fsp3) is 0.929. The molecular weight excluding hydrogens is 212 g/mol. The molecule has 2 heterocycles. The Bertz CT molecular complexity index is 259. The number of rotatable bonds is 3. The average molecular weight is 238 g/mol. The first kappa shape index (κ1) is 13.0. The zero-order valence-electron chi connectivity index (χ0n) is 11.3. The summed E-state index contributed by atoms with van der Waals surface area (Å²) in [6.45, 7) is 9.29. The number of hydrogen-bond acceptors (Lipinski definition) is 3. The Morgan fingerprint density at radius 1 is 1.18 bits per heavy atom. The predicted octanol–water partition coefficient (Wildman–Crippen LogP) is 1.68. The van der Waals surface area contributed by atoms with Crippen LogP contribution in [0.4, 0.5) is 0 Å². The van der Waals surface area contributed by atoms with E-state index in [2.05, 4.69) is 10.2 Å². The van der Waals surface area contributed by atoms with Crippen LogP contribution in [-0.2, 0) is 4.79 Å². The van der Waals surface area contributed by atoms with Gasteiger partial charge in [-0.25, -0.2) is 0 Å². The highest BCUT2D eigenvalue weighted by molar-refractivity contribution is 5.82. The lowest BCUT2D eigenvalue weighted by Gasteiger charge is -2.44. The zero-order chi connectivity index (χ0) is 12.3. The van der Waals surface area contributed by atoms with Crippen molar-refractivity contribution >= 4 is 5.78 Å². The van der Waals surface area contributed by atoms with Crippen LogP contribution < -0.4 is 5.32 Å². The van der Waals surface area contributed by atoms with Crippen molar-refractivity contribution in [3.63, 3.8) is 0 Å². The number of hydrogen-bond donors (Lipinski definition) is 1. The Balaban J connectivity index is 1.79. The van der Waals surface area contributed by atoms with E-state index in [1.165, 1.54) is 38.8 Å². The van der Waals surface area contributed by atoms with Crippen molar-refractivity contribution in [3.8, 4) is 0 Å². The number of carbonyl (C=O) groups excluding carboxylic acids is 1. The molecule has 0 aromatic heterocycles. The van der Waals surface area contributed by atoms with Gasteiger partial charge in [-0.05, 0) is 57.3 Å². The molecule has 2 aliphatic heterocycles. The van der Waals surface area contributed by atoms with Crippen LogP contribution in [0.25, 0.3) is 0 Å². The lowest BCUT2D eigenvalue weighted by molar-refractivity contribution is -0.123. The Kier molecular flexibility index (Phi) is 4.21. The first-order valence-electron chi connectivity index (χ1n) is 7.07. The normalized spacial score (nSPS) is 25.4. The summed E-state index contributed by atoms with van der Waals surface area (Å²) in [5.41, 5.74) is 0.600. The molecule has 98 valence electrons. The molecule has 17 heavy (non-hydrogen) atoms. The summed E-state index contributed by atoms with van der Waals surface area (Å²) in [5, 5.41) is 3.45. The summed E-state index contributed by atoms with van der Waals surface area (Å²) in [6, 6.07) is 0. The van der Waals surface area contributed by atoms with Crippen molar-refractivity contribution in [1.82, 2.24) is 10.2 Å². The van der Waals surface area contributed by atoms with Gasteiger partial charge in [0.05, 0.1) is 6.54 Å². The topological polar surface area (TPSA) is 32.3 Å². The molecule has 0 amide bonds. The van der Waals surface area contributed by atoms with E-state index in [9.17, 15) is 4.79 Å². The molecule has 0 aromatic carbocycles. The minimum atomic E-state index is 0.185. The van der Waals surface area contributed by atoms with E-state index in [-0.39, 0.29) is 5.92 Å². The highest BCUT2D eigenvalue weighted by Gasteiger charge is 2.35. The molecule has 2 rings (SSSR count). The number of Topliss-reactive ketones (excluding diaryl/α,β-unsaturated/α-hetero) is 1. The Labute approximate surface area is 105 Å². The first-order valence-corrected chi connectivity index (χ1v) is 7.07. The summed E-state index contributed by atoms with van der Waals surface area (Å²) < 4.78 is 0. The molecular formula is C14H26N2O. The number of nitrogens with one attached hydrogen (secondary N) is 1. The van der Waals surface area contributed by atoms with Crippen molar-refractivity contribution in [2.24, 2.45) is 11.3 Å². The van der Waals surface area contributed by atoms with Crippen LogP contribution in [0.1, 0.15) is 39.5 Å². The highest BCUT2D eigenvalue weighted by Crippen LogP contribution is 2.39. The third kappa shape index (κ3) is 3.29. The summed E-state index contributed by atoms with van der Waals surface area (Å²) in [4.78, 5) is 14.1. The molecule has 0 atom stereocenters. The summed E-state index contributed by atoms with van der Waals surface area (Å²) in [6.07, 6.45) is 5.25. The lowest BCUT2D eigenvalue weighted by atomic mass is 9.71. The van der Waals surface area contributed by atoms with E-state index in [4.69, 9.17) is 0 Å². The van der Waals surface area contributed by atoms with Gasteiger partial charge in [0.25, 0.3) is 0 Å². The molecule has 0 aliphatic carbocycles. The molecule has 0 unspecified atom stereocenters. The van der Waals surface area contributed by atoms with Gasteiger partial charge in [0.1, 0.15) is 5.78 Å². The molecule has 0 bridgehead atoms. The molecule has 1 spiro atoms. The van der Waals surface area contributed by atoms with Gasteiger partial charge in [0, 0.05) is 5.92 Å². The van der Waals surface area contributed by atoms with Gasteiger partial charge in [0.15, 0.2) is 0 Å². The first-order chi connectivity index (χ1) is 8.11. The molecule has 3 nitrogen and oxygen atoms in total. The van der Waals surface area contributed by atoms with E-state index in [1.54, 1.807) is 0 Å². The second-order valence-corrected chi connectivity index (χ2v) is 6.15. The fourth-order valence-corrected chi connectivity index (χ4v) is 3.05. The maximum absolute atomic E-state index is 11.7. The Morgan fingerprint density at radius 3 is 2.29 bits per heavy atom. The third-order valence-corrected chi connectivity index (χ3v) is 4.60. The quantitative estimate of drug-likeness (QED) is 0.812. The number of piperidine rings is 2. The SMILES string of the molecule is CC(C)C(=O)CN1CCC2(CCNCC2)CC1. The minimum Gasteiger partial charge on any atom is -0.317 e. The monoisotopic (exact) mass is 238 g/mol. The average Bonchev–Trinajstić information content (AvgIpc) is 2.33. The minimum absolute atomic E-state index is 0.185. The van der Waals surface area contributed by atoms with Crippen LogP contribution in [-0.4, -0.2) is 43.4 Å². The van der Waals surface area contributed by atoms with E-state index in [0.717, 1.165) is 13.1 Å². The molecule has 1 N–H and O–H groups in total. The van der Waals surface area contributed by atoms with Crippen LogP contribution in [0.3, 0.4) is 0 Å². The van der Waals surface area contributed by atoms with Gasteiger partial charge in [-0.15, -0.1) is 0 Å². The highest BCUT2D eigenvalue weighted by atomic mass is 16.1. The van der Waals surface area contributed by atoms with E-state index >= 15 is 0 Å². The lowest BCUT2D eigenvalue weighted by Crippen LogP contribution is -2.47. The van der Waals surface area contributed by atoms with Crippen molar-refractivity contribution in [1.29, 1.82) is 0 Å². The van der Waals surface area contributed by atoms with Gasteiger partial charge in [-0.1, -0.05) is 13.8 Å². The second-order valence-electron chi connectivity index (χ2n) is 6.15. The van der Waals surface area contributed by atoms with Crippen LogP contribution in [0.5, 0.6) is 0 Å². The van der Waals surface area contributed by atoms with Crippen LogP contribution in [0, 0.1) is 11.3 Å². The molecule has 3 heteroatoms. The van der Waals surface area contributed by atoms with Crippen molar-refractivity contribution in [3.05, 3.63) is 0 Å². The largest absolute Gasteiger partial charge is 0.317 e. The van der Waals surface area contributed by atoms with E-state index < -0.39 is 0 Å². The van der Waals surface area contributed by atoms with E-state index in [0.29, 0.717) is 17.7 Å². The van der Waals surface area contributed by atoms with Gasteiger partial charge in [-0.3, -0.25) is 9.69 Å². The molecule has 0 saturated carbocycles. The number of ketones is 1. The maximum Gasteiger partial charge on any atom is 0.149 e. The number of nitrogens with zero attached hydrogens (tertiary/aromatic N) is 1. The van der Waals surface area contributed by atoms with Crippen molar-refractivity contribution in [2.75, 3.05) is 32.7 Å². The Morgan fingerprint density at radius 2 is 1.76 bits per heavy atom. The zero-order valence-corrected chi connectivity index (χ0v) is 11.3. The third-order valence-electron chi connectivity index (χ3n) is 4.60. The molecule has 2 aliphatic rings.